The lowest BCUT2D eigenvalue weighted by Gasteiger charge is -2.02. The molecule has 0 amide bonds. The summed E-state index contributed by atoms with van der Waals surface area (Å²) >= 11 is 6.22. The molecule has 5 heteroatoms. The Morgan fingerprint density at radius 1 is 1.19 bits per heavy atom. The molecule has 0 saturated carbocycles. The van der Waals surface area contributed by atoms with Gasteiger partial charge < -0.3 is 9.90 Å². The van der Waals surface area contributed by atoms with Crippen molar-refractivity contribution in [3.8, 4) is 11.4 Å². The van der Waals surface area contributed by atoms with Crippen molar-refractivity contribution in [1.82, 2.24) is 9.38 Å². The molecule has 0 aliphatic rings. The Kier molecular flexibility index (Phi) is 3.46. The first-order valence-electron chi connectivity index (χ1n) is 6.28. The number of carboxylic acid groups (broad SMARTS) is 1. The fourth-order valence-electron chi connectivity index (χ4n) is 2.16. The quantitative estimate of drug-likeness (QED) is 0.698. The number of carbonyl (C=O) groups is 1. The van der Waals surface area contributed by atoms with Crippen LogP contribution in [0.2, 0.25) is 5.02 Å². The predicted molar refractivity (Wildman–Crippen MR) is 79.7 cm³/mol. The zero-order chi connectivity index (χ0) is 14.8. The fraction of sp³-hybridized carbons (Fsp3) is 0. The number of imidazole rings is 1. The molecular formula is C16H10ClN2O2-. The number of benzene rings is 1. The van der Waals surface area contributed by atoms with Crippen molar-refractivity contribution in [2.75, 3.05) is 0 Å². The lowest BCUT2D eigenvalue weighted by Crippen LogP contribution is -2.18. The Labute approximate surface area is 125 Å². The predicted octanol–water partition coefficient (Wildman–Crippen LogP) is 2.42. The van der Waals surface area contributed by atoms with Crippen LogP contribution in [0.1, 0.15) is 5.69 Å². The van der Waals surface area contributed by atoms with Crippen LogP contribution in [0.15, 0.2) is 54.7 Å². The number of fused-ring (bicyclic) bond motifs is 1. The summed E-state index contributed by atoms with van der Waals surface area (Å²) in [7, 11) is 0. The summed E-state index contributed by atoms with van der Waals surface area (Å²) in [6.07, 6.45) is 4.24. The number of pyridine rings is 1. The topological polar surface area (TPSA) is 57.4 Å². The molecule has 1 aromatic carbocycles. The van der Waals surface area contributed by atoms with Gasteiger partial charge in [0.1, 0.15) is 5.82 Å². The van der Waals surface area contributed by atoms with Crippen LogP contribution in [0.3, 0.4) is 0 Å². The van der Waals surface area contributed by atoms with Gasteiger partial charge in [0, 0.05) is 11.8 Å². The SMILES string of the molecule is O=C([O-])C=Cc1nc(-c2ccccc2Cl)n2ccccc12. The van der Waals surface area contributed by atoms with E-state index in [9.17, 15) is 9.90 Å². The molecule has 0 unspecified atom stereocenters. The molecule has 0 N–H and O–H groups in total. The van der Waals surface area contributed by atoms with Gasteiger partial charge in [0.15, 0.2) is 0 Å². The number of hydrogen-bond donors (Lipinski definition) is 0. The maximum absolute atomic E-state index is 10.6. The van der Waals surface area contributed by atoms with Gasteiger partial charge in [0.05, 0.1) is 22.2 Å². The second-order valence-electron chi connectivity index (χ2n) is 4.41. The third kappa shape index (κ3) is 2.53. The minimum absolute atomic E-state index is 0.551. The van der Waals surface area contributed by atoms with Crippen molar-refractivity contribution in [1.29, 1.82) is 0 Å². The van der Waals surface area contributed by atoms with Gasteiger partial charge in [-0.1, -0.05) is 29.8 Å². The van der Waals surface area contributed by atoms with Crippen LogP contribution in [0, 0.1) is 0 Å². The van der Waals surface area contributed by atoms with Crippen molar-refractivity contribution in [2.45, 2.75) is 0 Å². The highest BCUT2D eigenvalue weighted by Crippen LogP contribution is 2.29. The van der Waals surface area contributed by atoms with Gasteiger partial charge in [0.25, 0.3) is 0 Å². The smallest absolute Gasteiger partial charge is 0.146 e. The summed E-state index contributed by atoms with van der Waals surface area (Å²) in [6.45, 7) is 0. The molecule has 4 nitrogen and oxygen atoms in total. The standard InChI is InChI=1S/C16H11ClN2O2/c17-12-6-2-1-5-11(12)16-18-13(8-9-15(20)21)14-7-3-4-10-19(14)16/h1-10H,(H,20,21)/p-1. The number of aliphatic carboxylic acids is 1. The maximum atomic E-state index is 10.6. The molecule has 104 valence electrons. The Morgan fingerprint density at radius 3 is 2.71 bits per heavy atom. The highest BCUT2D eigenvalue weighted by atomic mass is 35.5. The summed E-state index contributed by atoms with van der Waals surface area (Å²) in [5.74, 6) is -0.597. The van der Waals surface area contributed by atoms with E-state index in [-0.39, 0.29) is 0 Å². The van der Waals surface area contributed by atoms with E-state index in [1.54, 1.807) is 6.07 Å². The molecule has 0 spiro atoms. The second-order valence-corrected chi connectivity index (χ2v) is 4.82. The monoisotopic (exact) mass is 297 g/mol. The van der Waals surface area contributed by atoms with Crippen molar-refractivity contribution in [3.05, 3.63) is 65.5 Å². The molecule has 3 aromatic rings. The van der Waals surface area contributed by atoms with Crippen LogP contribution in [0.5, 0.6) is 0 Å². The van der Waals surface area contributed by atoms with Gasteiger partial charge in [-0.3, -0.25) is 4.40 Å². The Balaban J connectivity index is 2.25. The Morgan fingerprint density at radius 2 is 1.95 bits per heavy atom. The van der Waals surface area contributed by atoms with E-state index >= 15 is 0 Å². The first-order chi connectivity index (χ1) is 10.2. The number of carboxylic acids is 1. The number of aromatic nitrogens is 2. The maximum Gasteiger partial charge on any atom is 0.146 e. The van der Waals surface area contributed by atoms with Crippen LogP contribution in [0.25, 0.3) is 23.0 Å². The van der Waals surface area contributed by atoms with Gasteiger partial charge in [0.2, 0.25) is 0 Å². The second kappa shape index (κ2) is 5.42. The summed E-state index contributed by atoms with van der Waals surface area (Å²) in [5.41, 5.74) is 2.13. The van der Waals surface area contributed by atoms with Gasteiger partial charge in [-0.15, -0.1) is 0 Å². The van der Waals surface area contributed by atoms with Crippen LogP contribution >= 0.6 is 11.6 Å². The molecule has 0 radical (unpaired) electrons. The molecule has 0 bridgehead atoms. The number of halogens is 1. The van der Waals surface area contributed by atoms with Crippen LogP contribution in [0.4, 0.5) is 0 Å². The summed E-state index contributed by atoms with van der Waals surface area (Å²) in [4.78, 5) is 15.1. The molecule has 21 heavy (non-hydrogen) atoms. The Bertz CT molecular complexity index is 852. The van der Waals surface area contributed by atoms with E-state index < -0.39 is 5.97 Å². The van der Waals surface area contributed by atoms with E-state index in [2.05, 4.69) is 4.98 Å². The fourth-order valence-corrected chi connectivity index (χ4v) is 2.38. The average molecular weight is 298 g/mol. The van der Waals surface area contributed by atoms with E-state index in [0.717, 1.165) is 17.2 Å². The molecule has 0 fully saturated rings. The minimum Gasteiger partial charge on any atom is -0.545 e. The lowest BCUT2D eigenvalue weighted by molar-refractivity contribution is -0.297. The lowest BCUT2D eigenvalue weighted by atomic mass is 10.2. The van der Waals surface area contributed by atoms with E-state index in [0.29, 0.717) is 16.5 Å². The molecule has 2 aromatic heterocycles. The number of carbonyl (C=O) groups excluding carboxylic acids is 1. The van der Waals surface area contributed by atoms with Gasteiger partial charge in [-0.05, 0) is 36.4 Å². The van der Waals surface area contributed by atoms with E-state index in [4.69, 9.17) is 11.6 Å². The third-order valence-electron chi connectivity index (χ3n) is 3.07. The summed E-state index contributed by atoms with van der Waals surface area (Å²) < 4.78 is 1.87. The van der Waals surface area contributed by atoms with Crippen molar-refractivity contribution in [2.24, 2.45) is 0 Å². The molecule has 0 aliphatic heterocycles. The third-order valence-corrected chi connectivity index (χ3v) is 3.40. The van der Waals surface area contributed by atoms with Gasteiger partial charge >= 0.3 is 0 Å². The average Bonchev–Trinajstić information content (AvgIpc) is 2.84. The van der Waals surface area contributed by atoms with Crippen molar-refractivity contribution >= 4 is 29.2 Å². The van der Waals surface area contributed by atoms with Crippen molar-refractivity contribution in [3.63, 3.8) is 0 Å². The molecular weight excluding hydrogens is 288 g/mol. The first kappa shape index (κ1) is 13.4. The van der Waals surface area contributed by atoms with Gasteiger partial charge in [-0.2, -0.15) is 0 Å². The zero-order valence-electron chi connectivity index (χ0n) is 10.9. The zero-order valence-corrected chi connectivity index (χ0v) is 11.6. The van der Waals surface area contributed by atoms with Crippen molar-refractivity contribution < 1.29 is 9.90 Å². The first-order valence-corrected chi connectivity index (χ1v) is 6.65. The summed E-state index contributed by atoms with van der Waals surface area (Å²) in [5, 5.41) is 11.2. The van der Waals surface area contributed by atoms with Crippen LogP contribution in [-0.4, -0.2) is 15.4 Å². The molecule has 0 saturated heterocycles. The molecule has 0 aliphatic carbocycles. The number of nitrogens with zero attached hydrogens (tertiary/aromatic N) is 2. The largest absolute Gasteiger partial charge is 0.545 e. The molecule has 0 atom stereocenters. The highest BCUT2D eigenvalue weighted by molar-refractivity contribution is 6.33. The summed E-state index contributed by atoms with van der Waals surface area (Å²) in [6, 6.07) is 13.0. The number of hydrogen-bond acceptors (Lipinski definition) is 3. The van der Waals surface area contributed by atoms with E-state index in [1.807, 2.05) is 47.0 Å². The number of rotatable bonds is 3. The molecule has 3 rings (SSSR count). The van der Waals surface area contributed by atoms with E-state index in [1.165, 1.54) is 6.08 Å². The normalized spacial score (nSPS) is 11.3. The van der Waals surface area contributed by atoms with Gasteiger partial charge in [-0.25, -0.2) is 4.98 Å². The highest BCUT2D eigenvalue weighted by Gasteiger charge is 2.12. The van der Waals surface area contributed by atoms with Crippen LogP contribution < -0.4 is 5.11 Å². The Hall–Kier alpha value is -2.59. The van der Waals surface area contributed by atoms with Crippen LogP contribution in [-0.2, 0) is 4.79 Å². The molecule has 2 heterocycles. The minimum atomic E-state index is -1.26.